The van der Waals surface area contributed by atoms with Crippen LogP contribution in [0.5, 0.6) is 0 Å². The van der Waals surface area contributed by atoms with Gasteiger partial charge < -0.3 is 15.6 Å². The first-order valence-corrected chi connectivity index (χ1v) is 9.68. The third-order valence-electron chi connectivity index (χ3n) is 5.36. The minimum Gasteiger partial charge on any atom is -0.357 e. The van der Waals surface area contributed by atoms with Crippen LogP contribution in [0.25, 0.3) is 11.3 Å². The van der Waals surface area contributed by atoms with E-state index in [0.717, 1.165) is 0 Å². The first kappa shape index (κ1) is 19.7. The molecule has 0 bridgehead atoms. The zero-order valence-corrected chi connectivity index (χ0v) is 16.4. The zero-order chi connectivity index (χ0) is 21.9. The summed E-state index contributed by atoms with van der Waals surface area (Å²) in [7, 11) is 0. The van der Waals surface area contributed by atoms with E-state index in [1.165, 1.54) is 6.20 Å². The Morgan fingerprint density at radius 3 is 2.65 bits per heavy atom. The van der Waals surface area contributed by atoms with Gasteiger partial charge in [-0.15, -0.1) is 0 Å². The van der Waals surface area contributed by atoms with Crippen LogP contribution in [0.4, 0.5) is 29.2 Å². The number of pyridine rings is 1. The van der Waals surface area contributed by atoms with Crippen LogP contribution >= 0.6 is 11.6 Å². The molecule has 2 aliphatic rings. The number of hydrogen-bond donors (Lipinski definition) is 3. The van der Waals surface area contributed by atoms with Crippen molar-refractivity contribution < 1.29 is 22.4 Å². The molecule has 3 N–H and O–H groups in total. The molecule has 1 aliphatic carbocycles. The van der Waals surface area contributed by atoms with E-state index in [0.29, 0.717) is 60.1 Å². The number of aryl methyl sites for hydroxylation is 1. The highest BCUT2D eigenvalue weighted by atomic mass is 35.5. The minimum atomic E-state index is -4.78. The average Bonchev–Trinajstić information content (AvgIpc) is 3.09. The van der Waals surface area contributed by atoms with Crippen LogP contribution in [0.15, 0.2) is 12.4 Å². The van der Waals surface area contributed by atoms with Crippen LogP contribution in [0.1, 0.15) is 32.7 Å². The Morgan fingerprint density at radius 2 is 1.87 bits per heavy atom. The topological polar surface area (TPSA) is 95.6 Å². The van der Waals surface area contributed by atoms with Crippen LogP contribution < -0.4 is 10.6 Å². The Balaban J connectivity index is 1.62. The van der Waals surface area contributed by atoms with Crippen LogP contribution in [-0.4, -0.2) is 32.4 Å². The van der Waals surface area contributed by atoms with Gasteiger partial charge in [-0.1, -0.05) is 0 Å². The van der Waals surface area contributed by atoms with Gasteiger partial charge in [0, 0.05) is 36.6 Å². The maximum absolute atomic E-state index is 15.5. The number of carbonyl (C=O) groups excluding carboxylic acids is 1. The monoisotopic (exact) mass is 452 g/mol. The summed E-state index contributed by atoms with van der Waals surface area (Å²) in [6.45, 7) is 0.471. The van der Waals surface area contributed by atoms with E-state index in [1.54, 1.807) is 0 Å². The molecule has 4 heterocycles. The van der Waals surface area contributed by atoms with E-state index in [1.807, 2.05) is 0 Å². The smallest absolute Gasteiger partial charge is 0.357 e. The number of amides is 1. The van der Waals surface area contributed by atoms with Crippen molar-refractivity contribution in [2.24, 2.45) is 0 Å². The molecule has 1 aliphatic heterocycles. The number of aromatic amines is 1. The molecule has 0 atom stereocenters. The summed E-state index contributed by atoms with van der Waals surface area (Å²) in [5.41, 5.74) is 1.93. The van der Waals surface area contributed by atoms with Gasteiger partial charge in [0.15, 0.2) is 11.6 Å². The van der Waals surface area contributed by atoms with Crippen LogP contribution in [0.3, 0.4) is 0 Å². The van der Waals surface area contributed by atoms with E-state index < -0.39 is 34.5 Å². The molecule has 5 rings (SSSR count). The van der Waals surface area contributed by atoms with Gasteiger partial charge in [-0.05, 0) is 35.6 Å². The third-order valence-corrected chi connectivity index (χ3v) is 5.54. The molecule has 0 fully saturated rings. The normalized spacial score (nSPS) is 15.1. The second-order valence-electron chi connectivity index (χ2n) is 7.18. The Morgan fingerprint density at radius 1 is 1.06 bits per heavy atom. The van der Waals surface area contributed by atoms with E-state index in [-0.39, 0.29) is 11.5 Å². The molecule has 0 radical (unpaired) electrons. The SMILES string of the molecule is O=C1NCCc2[nH]c3c(c21)CCc1cnc(Nc2nc(Cl)ncc2C(F)(F)F)c(F)c1-3. The Kier molecular flexibility index (Phi) is 4.40. The van der Waals surface area contributed by atoms with Crippen molar-refractivity contribution in [3.05, 3.63) is 51.4 Å². The fourth-order valence-corrected chi connectivity index (χ4v) is 4.15. The van der Waals surface area contributed by atoms with Crippen molar-refractivity contribution in [2.75, 3.05) is 11.9 Å². The number of alkyl halides is 3. The van der Waals surface area contributed by atoms with E-state index in [9.17, 15) is 18.0 Å². The highest BCUT2D eigenvalue weighted by molar-refractivity contribution is 6.28. The predicted octanol–water partition coefficient (Wildman–Crippen LogP) is 3.81. The van der Waals surface area contributed by atoms with Crippen LogP contribution in [0.2, 0.25) is 5.28 Å². The Bertz CT molecular complexity index is 1240. The summed E-state index contributed by atoms with van der Waals surface area (Å²) < 4.78 is 55.4. The molecule has 3 aromatic rings. The van der Waals surface area contributed by atoms with E-state index in [4.69, 9.17) is 11.6 Å². The van der Waals surface area contributed by atoms with E-state index >= 15 is 4.39 Å². The number of anilines is 2. The lowest BCUT2D eigenvalue weighted by molar-refractivity contribution is -0.137. The standard InChI is InChI=1S/C19H13ClF4N6O/c20-18-27-6-9(19(22,23)24)15(30-18)29-16-13(21)11-7(5-26-16)1-2-8-12-10(28-14(8)11)3-4-25-17(12)31/h5-6,28H,1-4H2,(H,25,31)(H,26,27,29,30). The van der Waals surface area contributed by atoms with Gasteiger partial charge in [0.05, 0.1) is 11.3 Å². The lowest BCUT2D eigenvalue weighted by Gasteiger charge is -2.20. The maximum Gasteiger partial charge on any atom is 0.421 e. The lowest BCUT2D eigenvalue weighted by atomic mass is 9.88. The highest BCUT2D eigenvalue weighted by Gasteiger charge is 2.36. The number of halogens is 5. The molecular formula is C19H13ClF4N6O. The summed E-state index contributed by atoms with van der Waals surface area (Å²) in [6.07, 6.45) is -1.32. The second kappa shape index (κ2) is 6.91. The molecule has 3 aromatic heterocycles. The summed E-state index contributed by atoms with van der Waals surface area (Å²) in [5, 5.41) is 4.65. The molecular weight excluding hydrogens is 440 g/mol. The van der Waals surface area contributed by atoms with Crippen molar-refractivity contribution in [1.29, 1.82) is 0 Å². The first-order chi connectivity index (χ1) is 14.7. The molecule has 0 aromatic carbocycles. The fraction of sp³-hybridized carbons (Fsp3) is 0.263. The Labute approximate surface area is 177 Å². The molecule has 1 amide bonds. The summed E-state index contributed by atoms with van der Waals surface area (Å²) >= 11 is 5.64. The number of hydrogen-bond acceptors (Lipinski definition) is 5. The number of nitrogens with zero attached hydrogens (tertiary/aromatic N) is 3. The number of rotatable bonds is 2. The molecule has 0 unspecified atom stereocenters. The van der Waals surface area contributed by atoms with Crippen molar-refractivity contribution in [1.82, 2.24) is 25.3 Å². The zero-order valence-electron chi connectivity index (χ0n) is 15.6. The van der Waals surface area contributed by atoms with Crippen molar-refractivity contribution in [3.63, 3.8) is 0 Å². The van der Waals surface area contributed by atoms with Crippen LogP contribution in [0, 0.1) is 5.82 Å². The third kappa shape index (κ3) is 3.19. The highest BCUT2D eigenvalue weighted by Crippen LogP contribution is 2.41. The van der Waals surface area contributed by atoms with Gasteiger partial charge >= 0.3 is 6.18 Å². The fourth-order valence-electron chi connectivity index (χ4n) is 4.02. The quantitative estimate of drug-likeness (QED) is 0.406. The number of carbonyl (C=O) groups is 1. The molecule has 0 saturated heterocycles. The van der Waals surface area contributed by atoms with Gasteiger partial charge in [-0.3, -0.25) is 4.79 Å². The van der Waals surface area contributed by atoms with Gasteiger partial charge in [0.1, 0.15) is 11.4 Å². The summed E-state index contributed by atoms with van der Waals surface area (Å²) in [6, 6.07) is 0. The van der Waals surface area contributed by atoms with Gasteiger partial charge in [0.25, 0.3) is 5.91 Å². The molecule has 31 heavy (non-hydrogen) atoms. The molecule has 12 heteroatoms. The minimum absolute atomic E-state index is 0.176. The first-order valence-electron chi connectivity index (χ1n) is 9.30. The number of nitrogens with one attached hydrogen (secondary N) is 3. The predicted molar refractivity (Wildman–Crippen MR) is 103 cm³/mol. The van der Waals surface area contributed by atoms with Crippen LogP contribution in [-0.2, 0) is 25.4 Å². The molecule has 0 spiro atoms. The van der Waals surface area contributed by atoms with Gasteiger partial charge in [0.2, 0.25) is 5.28 Å². The van der Waals surface area contributed by atoms with Crippen molar-refractivity contribution in [2.45, 2.75) is 25.4 Å². The number of fused-ring (bicyclic) bond motifs is 5. The van der Waals surface area contributed by atoms with Crippen molar-refractivity contribution >= 4 is 29.1 Å². The number of H-pyrrole nitrogens is 1. The molecule has 0 saturated carbocycles. The largest absolute Gasteiger partial charge is 0.421 e. The van der Waals surface area contributed by atoms with Crippen molar-refractivity contribution in [3.8, 4) is 11.3 Å². The van der Waals surface area contributed by atoms with E-state index in [2.05, 4.69) is 30.6 Å². The summed E-state index contributed by atoms with van der Waals surface area (Å²) in [5.74, 6) is -2.22. The lowest BCUT2D eigenvalue weighted by Crippen LogP contribution is -2.32. The maximum atomic E-state index is 15.5. The molecule has 7 nitrogen and oxygen atoms in total. The Hall–Kier alpha value is -3.21. The van der Waals surface area contributed by atoms with Gasteiger partial charge in [-0.2, -0.15) is 18.2 Å². The number of aromatic nitrogens is 4. The average molecular weight is 453 g/mol. The molecule has 160 valence electrons. The summed E-state index contributed by atoms with van der Waals surface area (Å²) in [4.78, 5) is 26.3. The second-order valence-corrected chi connectivity index (χ2v) is 7.52. The van der Waals surface area contributed by atoms with Gasteiger partial charge in [-0.25, -0.2) is 14.4 Å².